The summed E-state index contributed by atoms with van der Waals surface area (Å²) >= 11 is 5.22. The van der Waals surface area contributed by atoms with Crippen molar-refractivity contribution in [2.45, 2.75) is 25.7 Å². The molecule has 0 saturated carbocycles. The Kier molecular flexibility index (Phi) is 3.27. The molecule has 0 aromatic heterocycles. The Morgan fingerprint density at radius 1 is 1.33 bits per heavy atom. The summed E-state index contributed by atoms with van der Waals surface area (Å²) in [5.41, 5.74) is 2.81. The monoisotopic (exact) mass is 224 g/mol. The van der Waals surface area contributed by atoms with Gasteiger partial charge in [0.05, 0.1) is 13.0 Å². The van der Waals surface area contributed by atoms with Gasteiger partial charge in [0.25, 0.3) is 0 Å². The number of fused-ring (bicyclic) bond motifs is 1. The van der Waals surface area contributed by atoms with E-state index in [2.05, 4.69) is 12.1 Å². The average Bonchev–Trinajstić information content (AvgIpc) is 2.64. The van der Waals surface area contributed by atoms with Gasteiger partial charge in [-0.25, -0.2) is 0 Å². The third kappa shape index (κ3) is 2.72. The van der Waals surface area contributed by atoms with Crippen LogP contribution in [0.15, 0.2) is 18.2 Å². The molecule has 1 aromatic rings. The predicted molar refractivity (Wildman–Crippen MR) is 59.4 cm³/mol. The number of benzene rings is 1. The molecule has 0 fully saturated rings. The first-order chi connectivity index (χ1) is 7.25. The number of aryl methyl sites for hydroxylation is 2. The quantitative estimate of drug-likeness (QED) is 0.736. The molecule has 2 rings (SSSR count). The number of halogens is 1. The van der Waals surface area contributed by atoms with Crippen molar-refractivity contribution in [2.24, 2.45) is 0 Å². The van der Waals surface area contributed by atoms with Crippen molar-refractivity contribution in [2.75, 3.05) is 6.61 Å². The zero-order valence-corrected chi connectivity index (χ0v) is 9.22. The van der Waals surface area contributed by atoms with Gasteiger partial charge >= 0.3 is 0 Å². The Balaban J connectivity index is 1.95. The van der Waals surface area contributed by atoms with Gasteiger partial charge in [0.1, 0.15) is 5.75 Å². The van der Waals surface area contributed by atoms with E-state index in [1.807, 2.05) is 6.07 Å². The molecular weight excluding hydrogens is 212 g/mol. The van der Waals surface area contributed by atoms with Crippen LogP contribution in [-0.4, -0.2) is 11.8 Å². The van der Waals surface area contributed by atoms with Gasteiger partial charge < -0.3 is 4.74 Å². The Morgan fingerprint density at radius 3 is 2.93 bits per heavy atom. The van der Waals surface area contributed by atoms with Gasteiger partial charge in [0.15, 0.2) is 0 Å². The van der Waals surface area contributed by atoms with E-state index in [0.717, 1.165) is 12.2 Å². The van der Waals surface area contributed by atoms with E-state index in [1.54, 1.807) is 0 Å². The maximum Gasteiger partial charge on any atom is 0.225 e. The molecule has 0 radical (unpaired) electrons. The van der Waals surface area contributed by atoms with Crippen LogP contribution in [0.25, 0.3) is 0 Å². The molecule has 0 amide bonds. The van der Waals surface area contributed by atoms with E-state index in [9.17, 15) is 4.79 Å². The highest BCUT2D eigenvalue weighted by Gasteiger charge is 2.11. The highest BCUT2D eigenvalue weighted by Crippen LogP contribution is 2.25. The molecule has 2 nitrogen and oxygen atoms in total. The van der Waals surface area contributed by atoms with Crippen LogP contribution >= 0.6 is 11.6 Å². The molecule has 0 spiro atoms. The fourth-order valence-electron chi connectivity index (χ4n) is 1.89. The van der Waals surface area contributed by atoms with Crippen LogP contribution in [0.1, 0.15) is 24.0 Å². The van der Waals surface area contributed by atoms with Crippen LogP contribution in [0.3, 0.4) is 0 Å². The lowest BCUT2D eigenvalue weighted by Gasteiger charge is -2.06. The largest absolute Gasteiger partial charge is 0.493 e. The van der Waals surface area contributed by atoms with Crippen molar-refractivity contribution in [1.29, 1.82) is 0 Å². The lowest BCUT2D eigenvalue weighted by atomic mass is 10.1. The summed E-state index contributed by atoms with van der Waals surface area (Å²) in [7, 11) is 0. The van der Waals surface area contributed by atoms with Gasteiger partial charge in [-0.3, -0.25) is 4.79 Å². The summed E-state index contributed by atoms with van der Waals surface area (Å²) in [6.45, 7) is 0.362. The van der Waals surface area contributed by atoms with E-state index in [-0.39, 0.29) is 11.7 Å². The molecule has 0 unspecified atom stereocenters. The van der Waals surface area contributed by atoms with Crippen molar-refractivity contribution in [1.82, 2.24) is 0 Å². The highest BCUT2D eigenvalue weighted by molar-refractivity contribution is 6.63. The topological polar surface area (TPSA) is 26.3 Å². The van der Waals surface area contributed by atoms with Crippen LogP contribution in [-0.2, 0) is 17.6 Å². The summed E-state index contributed by atoms with van der Waals surface area (Å²) in [6, 6.07) is 6.14. The van der Waals surface area contributed by atoms with Gasteiger partial charge in [-0.05, 0) is 54.1 Å². The number of hydrogen-bond donors (Lipinski definition) is 0. The first kappa shape index (κ1) is 10.5. The van der Waals surface area contributed by atoms with E-state index < -0.39 is 0 Å². The zero-order valence-electron chi connectivity index (χ0n) is 8.46. The third-order valence-corrected chi connectivity index (χ3v) is 2.83. The number of carbonyl (C=O) groups excluding carboxylic acids is 1. The lowest BCUT2D eigenvalue weighted by Crippen LogP contribution is -2.01. The molecule has 1 aliphatic carbocycles. The van der Waals surface area contributed by atoms with Crippen molar-refractivity contribution in [3.63, 3.8) is 0 Å². The van der Waals surface area contributed by atoms with Gasteiger partial charge in [0.2, 0.25) is 5.24 Å². The Morgan fingerprint density at radius 2 is 2.13 bits per heavy atom. The number of ether oxygens (including phenoxy) is 1. The highest BCUT2D eigenvalue weighted by atomic mass is 35.5. The lowest BCUT2D eigenvalue weighted by molar-refractivity contribution is -0.112. The van der Waals surface area contributed by atoms with E-state index >= 15 is 0 Å². The van der Waals surface area contributed by atoms with Crippen LogP contribution in [0.4, 0.5) is 0 Å². The standard InChI is InChI=1S/C12H13ClO2/c13-12(14)6-7-15-11-5-4-9-2-1-3-10(9)8-11/h4-5,8H,1-3,6-7H2. The molecule has 0 atom stereocenters. The summed E-state index contributed by atoms with van der Waals surface area (Å²) in [6.07, 6.45) is 3.81. The van der Waals surface area contributed by atoms with E-state index in [0.29, 0.717) is 6.61 Å². The Hall–Kier alpha value is -1.02. The summed E-state index contributed by atoms with van der Waals surface area (Å²) < 4.78 is 5.44. The molecule has 0 aliphatic heterocycles. The van der Waals surface area contributed by atoms with Crippen molar-refractivity contribution >= 4 is 16.8 Å². The maximum atomic E-state index is 10.5. The molecular formula is C12H13ClO2. The molecule has 80 valence electrons. The van der Waals surface area contributed by atoms with Gasteiger partial charge in [-0.1, -0.05) is 6.07 Å². The predicted octanol–water partition coefficient (Wildman–Crippen LogP) is 2.71. The zero-order chi connectivity index (χ0) is 10.7. The van der Waals surface area contributed by atoms with E-state index in [1.165, 1.54) is 24.0 Å². The summed E-state index contributed by atoms with van der Waals surface area (Å²) in [4.78, 5) is 10.5. The van der Waals surface area contributed by atoms with Crippen LogP contribution in [0.5, 0.6) is 5.75 Å². The normalized spacial score (nSPS) is 13.7. The SMILES string of the molecule is O=C(Cl)CCOc1ccc2c(c1)CCC2. The number of rotatable bonds is 4. The van der Waals surface area contributed by atoms with Crippen LogP contribution in [0.2, 0.25) is 0 Å². The molecule has 15 heavy (non-hydrogen) atoms. The Bertz CT molecular complexity index is 374. The van der Waals surface area contributed by atoms with Crippen LogP contribution in [0, 0.1) is 0 Å². The summed E-state index contributed by atoms with van der Waals surface area (Å²) in [5.74, 6) is 0.841. The number of carbonyl (C=O) groups is 1. The van der Waals surface area contributed by atoms with Gasteiger partial charge in [-0.15, -0.1) is 0 Å². The molecule has 1 aliphatic rings. The van der Waals surface area contributed by atoms with Crippen molar-refractivity contribution < 1.29 is 9.53 Å². The summed E-state index contributed by atoms with van der Waals surface area (Å²) in [5, 5.41) is -0.351. The fraction of sp³-hybridized carbons (Fsp3) is 0.417. The minimum Gasteiger partial charge on any atom is -0.493 e. The number of hydrogen-bond acceptors (Lipinski definition) is 2. The second-order valence-electron chi connectivity index (χ2n) is 3.74. The molecule has 0 heterocycles. The second-order valence-corrected chi connectivity index (χ2v) is 4.16. The Labute approximate surface area is 94.2 Å². The average molecular weight is 225 g/mol. The fourth-order valence-corrected chi connectivity index (χ4v) is 1.96. The minimum absolute atomic E-state index is 0.263. The molecule has 0 N–H and O–H groups in total. The molecule has 0 bridgehead atoms. The van der Waals surface area contributed by atoms with Gasteiger partial charge in [0, 0.05) is 0 Å². The first-order valence-corrected chi connectivity index (χ1v) is 5.56. The molecule has 0 saturated heterocycles. The van der Waals surface area contributed by atoms with Crippen LogP contribution < -0.4 is 4.74 Å². The van der Waals surface area contributed by atoms with E-state index in [4.69, 9.17) is 16.3 Å². The molecule has 1 aromatic carbocycles. The van der Waals surface area contributed by atoms with Crippen molar-refractivity contribution in [3.8, 4) is 5.75 Å². The minimum atomic E-state index is -0.351. The second kappa shape index (κ2) is 4.67. The third-order valence-electron chi connectivity index (χ3n) is 2.64. The molecule has 3 heteroatoms. The first-order valence-electron chi connectivity index (χ1n) is 5.18. The maximum absolute atomic E-state index is 10.5. The van der Waals surface area contributed by atoms with Crippen molar-refractivity contribution in [3.05, 3.63) is 29.3 Å². The van der Waals surface area contributed by atoms with Gasteiger partial charge in [-0.2, -0.15) is 0 Å². The smallest absolute Gasteiger partial charge is 0.225 e.